The lowest BCUT2D eigenvalue weighted by molar-refractivity contribution is -0.119. The van der Waals surface area contributed by atoms with Crippen molar-refractivity contribution in [2.24, 2.45) is 5.73 Å². The van der Waals surface area contributed by atoms with E-state index in [1.165, 1.54) is 19.3 Å². The Balaban J connectivity index is 0.00000200. The standard InChI is InChI=1S/C15H22N2O2.ClH/c16-10-15(18)17-11-12-6-8-14(9-7-12)19-13-4-2-1-3-5-13;/h6-9,13H,1-5,10-11,16H2,(H,17,18);1H. The molecule has 1 aliphatic rings. The van der Waals surface area contributed by atoms with Crippen LogP contribution < -0.4 is 15.8 Å². The van der Waals surface area contributed by atoms with Gasteiger partial charge in [-0.05, 0) is 43.4 Å². The number of rotatable bonds is 5. The minimum atomic E-state index is -0.137. The molecule has 0 heterocycles. The summed E-state index contributed by atoms with van der Waals surface area (Å²) < 4.78 is 5.95. The number of amides is 1. The molecule has 0 saturated heterocycles. The molecule has 0 unspecified atom stereocenters. The topological polar surface area (TPSA) is 64.4 Å². The first kappa shape index (κ1) is 16.8. The Labute approximate surface area is 126 Å². The van der Waals surface area contributed by atoms with Crippen LogP contribution >= 0.6 is 12.4 Å². The number of carbonyl (C=O) groups excluding carboxylic acids is 1. The third-order valence-corrected chi connectivity index (χ3v) is 3.45. The van der Waals surface area contributed by atoms with Gasteiger partial charge in [0.25, 0.3) is 0 Å². The number of nitrogens with two attached hydrogens (primary N) is 1. The third-order valence-electron chi connectivity index (χ3n) is 3.45. The van der Waals surface area contributed by atoms with Gasteiger partial charge >= 0.3 is 0 Å². The van der Waals surface area contributed by atoms with Gasteiger partial charge in [-0.3, -0.25) is 4.79 Å². The zero-order valence-corrected chi connectivity index (χ0v) is 12.5. The van der Waals surface area contributed by atoms with Crippen molar-refractivity contribution >= 4 is 18.3 Å². The van der Waals surface area contributed by atoms with Crippen molar-refractivity contribution in [2.45, 2.75) is 44.8 Å². The largest absolute Gasteiger partial charge is 0.490 e. The van der Waals surface area contributed by atoms with E-state index in [4.69, 9.17) is 10.5 Å². The van der Waals surface area contributed by atoms with Crippen LogP contribution in [0.2, 0.25) is 0 Å². The molecule has 112 valence electrons. The summed E-state index contributed by atoms with van der Waals surface area (Å²) >= 11 is 0. The Hall–Kier alpha value is -1.26. The second kappa shape index (κ2) is 8.82. The molecular formula is C15H23ClN2O2. The molecule has 5 heteroatoms. The summed E-state index contributed by atoms with van der Waals surface area (Å²) in [6, 6.07) is 7.90. The van der Waals surface area contributed by atoms with Crippen molar-refractivity contribution in [1.29, 1.82) is 0 Å². The number of hydrogen-bond donors (Lipinski definition) is 2. The van der Waals surface area contributed by atoms with Gasteiger partial charge in [-0.2, -0.15) is 0 Å². The molecule has 0 atom stereocenters. The van der Waals surface area contributed by atoms with Crippen molar-refractivity contribution in [3.63, 3.8) is 0 Å². The maximum Gasteiger partial charge on any atom is 0.234 e. The van der Waals surface area contributed by atoms with Crippen LogP contribution in [0.1, 0.15) is 37.7 Å². The molecule has 1 amide bonds. The fourth-order valence-corrected chi connectivity index (χ4v) is 2.33. The van der Waals surface area contributed by atoms with Crippen LogP contribution in [0.3, 0.4) is 0 Å². The van der Waals surface area contributed by atoms with Crippen LogP contribution in [0.25, 0.3) is 0 Å². The van der Waals surface area contributed by atoms with Crippen molar-refractivity contribution in [3.8, 4) is 5.75 Å². The molecule has 0 radical (unpaired) electrons. The van der Waals surface area contributed by atoms with Crippen LogP contribution in [-0.2, 0) is 11.3 Å². The van der Waals surface area contributed by atoms with Crippen molar-refractivity contribution in [3.05, 3.63) is 29.8 Å². The molecule has 1 aromatic rings. The zero-order chi connectivity index (χ0) is 13.5. The fraction of sp³-hybridized carbons (Fsp3) is 0.533. The van der Waals surface area contributed by atoms with Gasteiger partial charge in [-0.15, -0.1) is 12.4 Å². The van der Waals surface area contributed by atoms with Crippen LogP contribution in [-0.4, -0.2) is 18.6 Å². The van der Waals surface area contributed by atoms with E-state index < -0.39 is 0 Å². The number of carbonyl (C=O) groups is 1. The van der Waals surface area contributed by atoms with E-state index >= 15 is 0 Å². The monoisotopic (exact) mass is 298 g/mol. The van der Waals surface area contributed by atoms with Gasteiger partial charge in [0, 0.05) is 6.54 Å². The molecule has 20 heavy (non-hydrogen) atoms. The van der Waals surface area contributed by atoms with Gasteiger partial charge in [-0.1, -0.05) is 18.6 Å². The Morgan fingerprint density at radius 1 is 1.20 bits per heavy atom. The lowest BCUT2D eigenvalue weighted by Crippen LogP contribution is -2.29. The number of halogens is 1. The maximum atomic E-state index is 11.1. The lowest BCUT2D eigenvalue weighted by atomic mass is 9.98. The van der Waals surface area contributed by atoms with Gasteiger partial charge < -0.3 is 15.8 Å². The Bertz CT molecular complexity index is 403. The summed E-state index contributed by atoms with van der Waals surface area (Å²) in [7, 11) is 0. The van der Waals surface area contributed by atoms with Crippen LogP contribution in [0.4, 0.5) is 0 Å². The first-order chi connectivity index (χ1) is 9.28. The molecule has 1 fully saturated rings. The second-order valence-corrected chi connectivity index (χ2v) is 5.00. The molecule has 3 N–H and O–H groups in total. The Morgan fingerprint density at radius 2 is 1.85 bits per heavy atom. The average molecular weight is 299 g/mol. The highest BCUT2D eigenvalue weighted by atomic mass is 35.5. The highest BCUT2D eigenvalue weighted by Crippen LogP contribution is 2.23. The van der Waals surface area contributed by atoms with E-state index in [1.54, 1.807) is 0 Å². The smallest absolute Gasteiger partial charge is 0.234 e. The molecule has 0 bridgehead atoms. The molecule has 2 rings (SSSR count). The Morgan fingerprint density at radius 3 is 2.45 bits per heavy atom. The summed E-state index contributed by atoms with van der Waals surface area (Å²) in [6.07, 6.45) is 6.57. The van der Waals surface area contributed by atoms with Gasteiger partial charge in [0.1, 0.15) is 5.75 Å². The van der Waals surface area contributed by atoms with E-state index in [-0.39, 0.29) is 24.9 Å². The highest BCUT2D eigenvalue weighted by Gasteiger charge is 2.14. The normalized spacial score (nSPS) is 15.2. The first-order valence-corrected chi connectivity index (χ1v) is 7.00. The summed E-state index contributed by atoms with van der Waals surface area (Å²) in [6.45, 7) is 0.544. The van der Waals surface area contributed by atoms with E-state index in [9.17, 15) is 4.79 Å². The average Bonchev–Trinajstić information content (AvgIpc) is 2.47. The predicted octanol–water partition coefficient (Wildman–Crippen LogP) is 2.39. The number of nitrogens with one attached hydrogen (secondary N) is 1. The maximum absolute atomic E-state index is 11.1. The van der Waals surface area contributed by atoms with Crippen LogP contribution in [0.15, 0.2) is 24.3 Å². The van der Waals surface area contributed by atoms with E-state index in [2.05, 4.69) is 5.32 Å². The molecule has 0 aromatic heterocycles. The predicted molar refractivity (Wildman–Crippen MR) is 82.1 cm³/mol. The van der Waals surface area contributed by atoms with Gasteiger partial charge in [0.15, 0.2) is 0 Å². The molecule has 0 aliphatic heterocycles. The highest BCUT2D eigenvalue weighted by molar-refractivity contribution is 5.85. The molecule has 0 spiro atoms. The van der Waals surface area contributed by atoms with Crippen molar-refractivity contribution < 1.29 is 9.53 Å². The van der Waals surface area contributed by atoms with Gasteiger partial charge in [0.05, 0.1) is 12.6 Å². The van der Waals surface area contributed by atoms with E-state index in [1.807, 2.05) is 24.3 Å². The first-order valence-electron chi connectivity index (χ1n) is 7.00. The van der Waals surface area contributed by atoms with Crippen LogP contribution in [0.5, 0.6) is 5.75 Å². The molecule has 1 aliphatic carbocycles. The Kier molecular flexibility index (Phi) is 7.41. The van der Waals surface area contributed by atoms with Gasteiger partial charge in [-0.25, -0.2) is 0 Å². The minimum Gasteiger partial charge on any atom is -0.490 e. The van der Waals surface area contributed by atoms with Crippen molar-refractivity contribution in [2.75, 3.05) is 6.54 Å². The summed E-state index contributed by atoms with van der Waals surface area (Å²) in [5.74, 6) is 0.781. The molecule has 4 nitrogen and oxygen atoms in total. The zero-order valence-electron chi connectivity index (χ0n) is 11.6. The van der Waals surface area contributed by atoms with Gasteiger partial charge in [0.2, 0.25) is 5.91 Å². The molecule has 1 aromatic carbocycles. The van der Waals surface area contributed by atoms with E-state index in [0.717, 1.165) is 24.2 Å². The number of ether oxygens (including phenoxy) is 1. The SMILES string of the molecule is Cl.NCC(=O)NCc1ccc(OC2CCCCC2)cc1. The summed E-state index contributed by atoms with van der Waals surface area (Å²) in [5.41, 5.74) is 6.29. The summed E-state index contributed by atoms with van der Waals surface area (Å²) in [5, 5.41) is 2.74. The van der Waals surface area contributed by atoms with Crippen LogP contribution in [0, 0.1) is 0 Å². The molecule has 1 saturated carbocycles. The van der Waals surface area contributed by atoms with E-state index in [0.29, 0.717) is 12.6 Å². The van der Waals surface area contributed by atoms with Crippen molar-refractivity contribution in [1.82, 2.24) is 5.32 Å². The molecular weight excluding hydrogens is 276 g/mol. The lowest BCUT2D eigenvalue weighted by Gasteiger charge is -2.23. The third kappa shape index (κ3) is 5.39. The summed E-state index contributed by atoms with van der Waals surface area (Å²) in [4.78, 5) is 11.1. The fourth-order valence-electron chi connectivity index (χ4n) is 2.33. The minimum absolute atomic E-state index is 0. The second-order valence-electron chi connectivity index (χ2n) is 5.00. The number of hydrogen-bond acceptors (Lipinski definition) is 3. The number of benzene rings is 1. The quantitative estimate of drug-likeness (QED) is 0.877.